The third-order valence-electron chi connectivity index (χ3n) is 5.84. The molecule has 8 nitrogen and oxygen atoms in total. The van der Waals surface area contributed by atoms with Crippen LogP contribution in [-0.4, -0.2) is 26.5 Å². The van der Waals surface area contributed by atoms with E-state index in [9.17, 15) is 24.3 Å². The second-order valence-corrected chi connectivity index (χ2v) is 10.2. The fourth-order valence-electron chi connectivity index (χ4n) is 3.99. The van der Waals surface area contributed by atoms with Crippen LogP contribution in [0.5, 0.6) is 0 Å². The molecule has 35 heavy (non-hydrogen) atoms. The lowest BCUT2D eigenvalue weighted by Crippen LogP contribution is -2.40. The maximum absolute atomic E-state index is 13.4. The minimum atomic E-state index is -1.05. The predicted octanol–water partition coefficient (Wildman–Crippen LogP) is 4.11. The molecule has 0 radical (unpaired) electrons. The Morgan fingerprint density at radius 1 is 1.14 bits per heavy atom. The summed E-state index contributed by atoms with van der Waals surface area (Å²) < 4.78 is 1.41. The Kier molecular flexibility index (Phi) is 8.11. The molecule has 0 spiro atoms. The first-order valence-electron chi connectivity index (χ1n) is 11.5. The third kappa shape index (κ3) is 6.36. The second-order valence-electron chi connectivity index (χ2n) is 9.32. The number of hydrogen-bond donors (Lipinski definition) is 3. The number of rotatable bonds is 9. The molecular weight excluding hydrogens is 466 g/mol. The zero-order valence-electron chi connectivity index (χ0n) is 20.5. The van der Waals surface area contributed by atoms with Crippen LogP contribution in [0.2, 0.25) is 0 Å². The molecule has 0 unspecified atom stereocenters. The van der Waals surface area contributed by atoms with Crippen molar-refractivity contribution in [3.63, 3.8) is 0 Å². The number of thiophene rings is 1. The van der Waals surface area contributed by atoms with Gasteiger partial charge in [-0.2, -0.15) is 0 Å². The molecule has 0 bridgehead atoms. The molecule has 9 heteroatoms. The number of amides is 1. The summed E-state index contributed by atoms with van der Waals surface area (Å²) in [4.78, 5) is 53.2. The van der Waals surface area contributed by atoms with Gasteiger partial charge in [-0.25, -0.2) is 0 Å². The van der Waals surface area contributed by atoms with Crippen LogP contribution in [0.3, 0.4) is 0 Å². The van der Waals surface area contributed by atoms with Crippen molar-refractivity contribution < 1.29 is 14.7 Å². The van der Waals surface area contributed by atoms with E-state index in [1.807, 2.05) is 39.1 Å². The molecule has 0 aliphatic rings. The van der Waals surface area contributed by atoms with E-state index < -0.39 is 24.0 Å². The lowest BCUT2D eigenvalue weighted by atomic mass is 10.0. The van der Waals surface area contributed by atoms with Gasteiger partial charge >= 0.3 is 5.97 Å². The van der Waals surface area contributed by atoms with Crippen LogP contribution in [0, 0.1) is 26.7 Å². The number of aromatic amines is 1. The van der Waals surface area contributed by atoms with E-state index in [4.69, 9.17) is 0 Å². The molecule has 0 saturated carbocycles. The number of aromatic nitrogens is 2. The number of carbonyl (C=O) groups is 2. The highest BCUT2D eigenvalue weighted by Gasteiger charge is 2.27. The van der Waals surface area contributed by atoms with Gasteiger partial charge in [0.05, 0.1) is 12.5 Å². The molecule has 0 aliphatic heterocycles. The fraction of sp³-hybridized carbons (Fsp3) is 0.385. The van der Waals surface area contributed by atoms with Crippen LogP contribution < -0.4 is 16.4 Å². The van der Waals surface area contributed by atoms with Crippen molar-refractivity contribution in [3.8, 4) is 10.4 Å². The van der Waals surface area contributed by atoms with Crippen molar-refractivity contribution in [2.24, 2.45) is 5.92 Å². The fourth-order valence-corrected chi connectivity index (χ4v) is 5.03. The van der Waals surface area contributed by atoms with Gasteiger partial charge in [0.1, 0.15) is 6.04 Å². The monoisotopic (exact) mass is 497 g/mol. The Morgan fingerprint density at radius 2 is 1.86 bits per heavy atom. The van der Waals surface area contributed by atoms with Crippen LogP contribution in [0.4, 0.5) is 0 Å². The van der Waals surface area contributed by atoms with Crippen LogP contribution in [0.15, 0.2) is 45.4 Å². The maximum atomic E-state index is 13.4. The van der Waals surface area contributed by atoms with E-state index in [1.165, 1.54) is 22.0 Å². The lowest BCUT2D eigenvalue weighted by molar-refractivity contribution is -0.138. The number of nitrogens with zero attached hydrogens (tertiary/aromatic N) is 1. The summed E-state index contributed by atoms with van der Waals surface area (Å²) in [6.07, 6.45) is 1.74. The van der Waals surface area contributed by atoms with Crippen LogP contribution in [0.25, 0.3) is 10.4 Å². The predicted molar refractivity (Wildman–Crippen MR) is 137 cm³/mol. The summed E-state index contributed by atoms with van der Waals surface area (Å²) in [6.45, 7) is 9.28. The van der Waals surface area contributed by atoms with E-state index in [0.717, 1.165) is 16.0 Å². The summed E-state index contributed by atoms with van der Waals surface area (Å²) in [7, 11) is 0. The van der Waals surface area contributed by atoms with Gasteiger partial charge in [-0.15, -0.1) is 11.3 Å². The standard InChI is InChI=1S/C26H31N3O5S/c1-14(2)8-21(29-7-6-15(3)9-23(29)30)26(34)28-20(12-24(31)32)18-11-22(35-13-18)19-10-16(4)25(33)27-17(19)5/h6-7,9-11,13-14,20-21H,8,12H2,1-5H3,(H,27,33)(H,28,34)(H,31,32)/t20-,21-/m1/s1. The highest BCUT2D eigenvalue weighted by atomic mass is 32.1. The maximum Gasteiger partial charge on any atom is 0.305 e. The molecular formula is C26H31N3O5S. The van der Waals surface area contributed by atoms with E-state index in [1.54, 1.807) is 25.3 Å². The molecule has 3 heterocycles. The van der Waals surface area contributed by atoms with Gasteiger partial charge in [0, 0.05) is 34.0 Å². The summed E-state index contributed by atoms with van der Waals surface area (Å²) in [5.41, 5.74) is 3.17. The van der Waals surface area contributed by atoms with Crippen LogP contribution >= 0.6 is 11.3 Å². The first kappa shape index (κ1) is 26.2. The molecule has 3 rings (SSSR count). The van der Waals surface area contributed by atoms with Crippen molar-refractivity contribution in [2.75, 3.05) is 0 Å². The van der Waals surface area contributed by atoms with E-state index in [2.05, 4.69) is 10.3 Å². The average molecular weight is 498 g/mol. The van der Waals surface area contributed by atoms with Gasteiger partial charge in [-0.1, -0.05) is 13.8 Å². The lowest BCUT2D eigenvalue weighted by Gasteiger charge is -2.24. The van der Waals surface area contributed by atoms with Crippen molar-refractivity contribution in [2.45, 2.75) is 59.5 Å². The number of carboxylic acids is 1. The number of hydrogen-bond acceptors (Lipinski definition) is 5. The number of carbonyl (C=O) groups excluding carboxylic acids is 1. The SMILES string of the molecule is Cc1ccn([C@H](CC(C)C)C(=O)N[C@H](CC(=O)O)c2csc(-c3cc(C)c(=O)[nH]c3C)c2)c(=O)c1. The average Bonchev–Trinajstić information content (AvgIpc) is 3.24. The Balaban J connectivity index is 1.94. The molecule has 3 N–H and O–H groups in total. The summed E-state index contributed by atoms with van der Waals surface area (Å²) >= 11 is 1.41. The number of H-pyrrole nitrogens is 1. The quantitative estimate of drug-likeness (QED) is 0.411. The highest BCUT2D eigenvalue weighted by Crippen LogP contribution is 2.33. The van der Waals surface area contributed by atoms with Gasteiger partial charge < -0.3 is 20.0 Å². The number of aryl methyl sites for hydroxylation is 3. The molecule has 3 aromatic heterocycles. The van der Waals surface area contributed by atoms with Gasteiger partial charge in [0.25, 0.3) is 11.1 Å². The molecule has 3 aromatic rings. The number of nitrogens with one attached hydrogen (secondary N) is 2. The molecule has 0 fully saturated rings. The van der Waals surface area contributed by atoms with Crippen LogP contribution in [-0.2, 0) is 9.59 Å². The summed E-state index contributed by atoms with van der Waals surface area (Å²) in [5, 5.41) is 14.2. The van der Waals surface area contributed by atoms with Crippen molar-refractivity contribution >= 4 is 23.2 Å². The van der Waals surface area contributed by atoms with Crippen molar-refractivity contribution in [3.05, 3.63) is 78.9 Å². The zero-order chi connectivity index (χ0) is 25.9. The normalized spacial score (nSPS) is 13.0. The van der Waals surface area contributed by atoms with E-state index >= 15 is 0 Å². The Morgan fingerprint density at radius 3 is 2.49 bits per heavy atom. The highest BCUT2D eigenvalue weighted by molar-refractivity contribution is 7.13. The van der Waals surface area contributed by atoms with E-state index in [0.29, 0.717) is 23.2 Å². The number of aliphatic carboxylic acids is 1. The molecule has 0 aliphatic carbocycles. The molecule has 1 amide bonds. The largest absolute Gasteiger partial charge is 0.481 e. The Hall–Kier alpha value is -3.46. The number of pyridine rings is 2. The summed E-state index contributed by atoms with van der Waals surface area (Å²) in [5.74, 6) is -1.32. The third-order valence-corrected chi connectivity index (χ3v) is 6.83. The van der Waals surface area contributed by atoms with Crippen LogP contribution in [0.1, 0.15) is 61.2 Å². The van der Waals surface area contributed by atoms with Crippen molar-refractivity contribution in [1.82, 2.24) is 14.9 Å². The first-order valence-corrected chi connectivity index (χ1v) is 12.3. The molecule has 0 aromatic carbocycles. The Labute approximate surface area is 207 Å². The van der Waals surface area contributed by atoms with E-state index in [-0.39, 0.29) is 23.5 Å². The zero-order valence-corrected chi connectivity index (χ0v) is 21.4. The second kappa shape index (κ2) is 10.9. The van der Waals surface area contributed by atoms with Gasteiger partial charge in [-0.05, 0) is 67.8 Å². The minimum Gasteiger partial charge on any atom is -0.481 e. The molecule has 2 atom stereocenters. The smallest absolute Gasteiger partial charge is 0.305 e. The van der Waals surface area contributed by atoms with Gasteiger partial charge in [-0.3, -0.25) is 19.2 Å². The first-order chi connectivity index (χ1) is 16.5. The summed E-state index contributed by atoms with van der Waals surface area (Å²) in [6, 6.07) is 5.36. The minimum absolute atomic E-state index is 0.135. The van der Waals surface area contributed by atoms with Gasteiger partial charge in [0.2, 0.25) is 5.91 Å². The molecule has 186 valence electrons. The van der Waals surface area contributed by atoms with Crippen molar-refractivity contribution in [1.29, 1.82) is 0 Å². The Bertz CT molecular complexity index is 1350. The molecule has 0 saturated heterocycles. The number of carboxylic acid groups (broad SMARTS) is 1. The van der Waals surface area contributed by atoms with Gasteiger partial charge in [0.15, 0.2) is 0 Å². The topological polar surface area (TPSA) is 121 Å².